The van der Waals surface area contributed by atoms with Gasteiger partial charge in [0.25, 0.3) is 0 Å². The second-order valence-electron chi connectivity index (χ2n) is 4.85. The molecule has 0 aliphatic heterocycles. The van der Waals surface area contributed by atoms with Crippen molar-refractivity contribution in [1.29, 1.82) is 0 Å². The van der Waals surface area contributed by atoms with Crippen molar-refractivity contribution in [3.05, 3.63) is 17.0 Å². The van der Waals surface area contributed by atoms with Crippen LogP contribution in [-0.2, 0) is 11.3 Å². The van der Waals surface area contributed by atoms with Crippen LogP contribution in [0.3, 0.4) is 0 Å². The molecule has 6 heteroatoms. The normalized spacial score (nSPS) is 17.3. The van der Waals surface area contributed by atoms with Crippen LogP contribution < -0.4 is 11.1 Å². The average Bonchev–Trinajstić information content (AvgIpc) is 2.85. The Morgan fingerprint density at radius 1 is 1.44 bits per heavy atom. The lowest BCUT2D eigenvalue weighted by atomic mass is 9.98. The molecule has 3 N–H and O–H groups in total. The predicted octanol–water partition coefficient (Wildman–Crippen LogP) is 1.60. The second kappa shape index (κ2) is 5.71. The van der Waals surface area contributed by atoms with Crippen LogP contribution in [0.4, 0.5) is 0 Å². The number of nitrogens with two attached hydrogens (primary N) is 1. The molecule has 1 aromatic rings. The van der Waals surface area contributed by atoms with Crippen LogP contribution in [0.5, 0.6) is 0 Å². The maximum atomic E-state index is 12.0. The van der Waals surface area contributed by atoms with Gasteiger partial charge in [0.2, 0.25) is 5.91 Å². The molecule has 0 radical (unpaired) electrons. The number of carbonyl (C=O) groups is 1. The third kappa shape index (κ3) is 2.84. The molecule has 2 rings (SSSR count). The quantitative estimate of drug-likeness (QED) is 0.876. The number of nitrogens with zero attached hydrogens (tertiary/aromatic N) is 1. The van der Waals surface area contributed by atoms with E-state index in [4.69, 9.17) is 10.3 Å². The fraction of sp³-hybridized carbons (Fsp3) is 0.667. The van der Waals surface area contributed by atoms with Crippen molar-refractivity contribution in [3.63, 3.8) is 0 Å². The SMILES string of the molecule is Cc1noc(C)c1CNC(=O)C1(N)CCCC1.Cl. The zero-order chi connectivity index (χ0) is 12.5. The van der Waals surface area contributed by atoms with E-state index >= 15 is 0 Å². The first-order chi connectivity index (χ1) is 8.03. The van der Waals surface area contributed by atoms with E-state index in [0.29, 0.717) is 6.54 Å². The fourth-order valence-corrected chi connectivity index (χ4v) is 2.33. The fourth-order valence-electron chi connectivity index (χ4n) is 2.33. The summed E-state index contributed by atoms with van der Waals surface area (Å²) in [5.41, 5.74) is 7.16. The summed E-state index contributed by atoms with van der Waals surface area (Å²) in [5, 5.41) is 6.74. The molecule has 102 valence electrons. The Labute approximate surface area is 113 Å². The highest BCUT2D eigenvalue weighted by Crippen LogP contribution is 2.27. The zero-order valence-corrected chi connectivity index (χ0v) is 11.6. The van der Waals surface area contributed by atoms with E-state index < -0.39 is 5.54 Å². The summed E-state index contributed by atoms with van der Waals surface area (Å²) >= 11 is 0. The minimum atomic E-state index is -0.668. The molecule has 0 bridgehead atoms. The van der Waals surface area contributed by atoms with Crippen molar-refractivity contribution in [2.45, 2.75) is 51.6 Å². The van der Waals surface area contributed by atoms with E-state index in [-0.39, 0.29) is 18.3 Å². The lowest BCUT2D eigenvalue weighted by Crippen LogP contribution is -2.51. The Morgan fingerprint density at radius 2 is 2.06 bits per heavy atom. The molecule has 1 amide bonds. The van der Waals surface area contributed by atoms with E-state index in [1.54, 1.807) is 0 Å². The van der Waals surface area contributed by atoms with Gasteiger partial charge in [-0.3, -0.25) is 4.79 Å². The van der Waals surface area contributed by atoms with Gasteiger partial charge in [-0.15, -0.1) is 12.4 Å². The highest BCUT2D eigenvalue weighted by atomic mass is 35.5. The summed E-state index contributed by atoms with van der Waals surface area (Å²) in [4.78, 5) is 12.0. The number of carbonyl (C=O) groups excluding carboxylic acids is 1. The minimum Gasteiger partial charge on any atom is -0.361 e. The van der Waals surface area contributed by atoms with Crippen molar-refractivity contribution in [2.75, 3.05) is 0 Å². The first kappa shape index (κ1) is 15.0. The number of amides is 1. The smallest absolute Gasteiger partial charge is 0.240 e. The summed E-state index contributed by atoms with van der Waals surface area (Å²) in [5.74, 6) is 0.690. The van der Waals surface area contributed by atoms with E-state index in [1.165, 1.54) is 0 Å². The van der Waals surface area contributed by atoms with Crippen molar-refractivity contribution in [2.24, 2.45) is 5.73 Å². The molecule has 1 fully saturated rings. The van der Waals surface area contributed by atoms with Crippen LogP contribution >= 0.6 is 12.4 Å². The number of rotatable bonds is 3. The molecule has 1 aromatic heterocycles. The van der Waals surface area contributed by atoms with Crippen LogP contribution in [0.25, 0.3) is 0 Å². The largest absolute Gasteiger partial charge is 0.361 e. The Hall–Kier alpha value is -1.07. The minimum absolute atomic E-state index is 0. The standard InChI is InChI=1S/C12H19N3O2.ClH/c1-8-10(9(2)17-15-8)7-14-11(16)12(13)5-3-4-6-12;/h3-7,13H2,1-2H3,(H,14,16);1H. The molecule has 0 unspecified atom stereocenters. The van der Waals surface area contributed by atoms with Crippen LogP contribution in [0, 0.1) is 13.8 Å². The van der Waals surface area contributed by atoms with E-state index in [2.05, 4.69) is 10.5 Å². The number of aromatic nitrogens is 1. The Kier molecular flexibility index (Phi) is 4.76. The molecule has 1 aliphatic carbocycles. The average molecular weight is 274 g/mol. The molecular formula is C12H20ClN3O2. The van der Waals surface area contributed by atoms with Crippen LogP contribution in [0.15, 0.2) is 4.52 Å². The first-order valence-electron chi connectivity index (χ1n) is 6.02. The lowest BCUT2D eigenvalue weighted by molar-refractivity contribution is -0.126. The summed E-state index contributed by atoms with van der Waals surface area (Å²) < 4.78 is 5.05. The second-order valence-corrected chi connectivity index (χ2v) is 4.85. The van der Waals surface area contributed by atoms with Crippen molar-refractivity contribution >= 4 is 18.3 Å². The molecule has 0 spiro atoms. The molecule has 18 heavy (non-hydrogen) atoms. The van der Waals surface area contributed by atoms with Gasteiger partial charge in [0.1, 0.15) is 5.76 Å². The van der Waals surface area contributed by atoms with E-state index in [1.807, 2.05) is 13.8 Å². The number of hydrogen-bond donors (Lipinski definition) is 2. The molecule has 0 atom stereocenters. The van der Waals surface area contributed by atoms with Gasteiger partial charge in [0.05, 0.1) is 11.2 Å². The van der Waals surface area contributed by atoms with Gasteiger partial charge < -0.3 is 15.6 Å². The van der Waals surface area contributed by atoms with Gasteiger partial charge in [-0.1, -0.05) is 18.0 Å². The highest BCUT2D eigenvalue weighted by Gasteiger charge is 2.36. The molecule has 5 nitrogen and oxygen atoms in total. The van der Waals surface area contributed by atoms with Gasteiger partial charge in [-0.05, 0) is 26.7 Å². The van der Waals surface area contributed by atoms with E-state index in [9.17, 15) is 4.79 Å². The van der Waals surface area contributed by atoms with Gasteiger partial charge in [-0.25, -0.2) is 0 Å². The van der Waals surface area contributed by atoms with Gasteiger partial charge in [0, 0.05) is 12.1 Å². The molecule has 0 saturated heterocycles. The van der Waals surface area contributed by atoms with Crippen LogP contribution in [0.1, 0.15) is 42.7 Å². The number of nitrogens with one attached hydrogen (secondary N) is 1. The van der Waals surface area contributed by atoms with E-state index in [0.717, 1.165) is 42.7 Å². The maximum Gasteiger partial charge on any atom is 0.240 e. The van der Waals surface area contributed by atoms with Crippen molar-refractivity contribution < 1.29 is 9.32 Å². The maximum absolute atomic E-state index is 12.0. The van der Waals surface area contributed by atoms with Crippen molar-refractivity contribution in [3.8, 4) is 0 Å². The number of hydrogen-bond acceptors (Lipinski definition) is 4. The molecular weight excluding hydrogens is 254 g/mol. The first-order valence-corrected chi connectivity index (χ1v) is 6.02. The summed E-state index contributed by atoms with van der Waals surface area (Å²) in [6.45, 7) is 4.15. The van der Waals surface area contributed by atoms with Crippen molar-refractivity contribution in [1.82, 2.24) is 10.5 Å². The summed E-state index contributed by atoms with van der Waals surface area (Å²) in [7, 11) is 0. The third-order valence-electron chi connectivity index (χ3n) is 3.55. The third-order valence-corrected chi connectivity index (χ3v) is 3.55. The highest BCUT2D eigenvalue weighted by molar-refractivity contribution is 5.86. The number of aryl methyl sites for hydroxylation is 2. The summed E-state index contributed by atoms with van der Waals surface area (Å²) in [6, 6.07) is 0. The Balaban J connectivity index is 0.00000162. The Bertz CT molecular complexity index is 405. The monoisotopic (exact) mass is 273 g/mol. The number of halogens is 1. The van der Waals surface area contributed by atoms with Gasteiger partial charge in [-0.2, -0.15) is 0 Å². The topological polar surface area (TPSA) is 81.2 Å². The van der Waals surface area contributed by atoms with Gasteiger partial charge in [0.15, 0.2) is 0 Å². The molecule has 1 saturated carbocycles. The molecule has 1 aliphatic rings. The van der Waals surface area contributed by atoms with Crippen LogP contribution in [0.2, 0.25) is 0 Å². The lowest BCUT2D eigenvalue weighted by Gasteiger charge is -2.22. The molecule has 1 heterocycles. The zero-order valence-electron chi connectivity index (χ0n) is 10.8. The Morgan fingerprint density at radius 3 is 2.56 bits per heavy atom. The van der Waals surface area contributed by atoms with Gasteiger partial charge >= 0.3 is 0 Å². The summed E-state index contributed by atoms with van der Waals surface area (Å²) in [6.07, 6.45) is 3.63. The molecule has 0 aromatic carbocycles. The van der Waals surface area contributed by atoms with Crippen LogP contribution in [-0.4, -0.2) is 16.6 Å². The predicted molar refractivity (Wildman–Crippen MR) is 70.5 cm³/mol.